The molecule has 0 fully saturated rings. The monoisotopic (exact) mass is 296 g/mol. The number of aromatic nitrogens is 1. The fourth-order valence-corrected chi connectivity index (χ4v) is 2.24. The lowest BCUT2D eigenvalue weighted by atomic mass is 10.1. The summed E-state index contributed by atoms with van der Waals surface area (Å²) in [4.78, 5) is 15.3. The first-order valence-electron chi connectivity index (χ1n) is 6.68. The third-order valence-electron chi connectivity index (χ3n) is 3.39. The minimum atomic E-state index is -0.687. The van der Waals surface area contributed by atoms with Crippen LogP contribution in [0.15, 0.2) is 48.7 Å². The number of pyridine rings is 1. The highest BCUT2D eigenvalue weighted by atomic mass is 19.1. The molecule has 1 amide bonds. The van der Waals surface area contributed by atoms with Crippen molar-refractivity contribution in [2.24, 2.45) is 5.73 Å². The molecule has 5 heteroatoms. The molecule has 0 aliphatic carbocycles. The van der Waals surface area contributed by atoms with E-state index in [0.29, 0.717) is 5.75 Å². The van der Waals surface area contributed by atoms with E-state index in [-0.39, 0.29) is 11.3 Å². The van der Waals surface area contributed by atoms with E-state index in [2.05, 4.69) is 4.98 Å². The van der Waals surface area contributed by atoms with Gasteiger partial charge >= 0.3 is 0 Å². The predicted octanol–water partition coefficient (Wildman–Crippen LogP) is 3.57. The standard InChI is InChI=1S/C17H13FN2O2/c1-10-12-4-2-3-5-13(12)16(9-20-10)22-15-7-6-11(17(19)21)8-14(15)18/h2-9H,1H3,(H2,19,21). The molecule has 110 valence electrons. The fraction of sp³-hybridized carbons (Fsp3) is 0.0588. The summed E-state index contributed by atoms with van der Waals surface area (Å²) in [5.41, 5.74) is 6.08. The van der Waals surface area contributed by atoms with Gasteiger partial charge in [-0.3, -0.25) is 9.78 Å². The van der Waals surface area contributed by atoms with Gasteiger partial charge in [-0.1, -0.05) is 24.3 Å². The smallest absolute Gasteiger partial charge is 0.248 e. The summed E-state index contributed by atoms with van der Waals surface area (Å²) in [7, 11) is 0. The van der Waals surface area contributed by atoms with E-state index >= 15 is 0 Å². The van der Waals surface area contributed by atoms with Crippen LogP contribution in [0.1, 0.15) is 16.1 Å². The number of primary amides is 1. The largest absolute Gasteiger partial charge is 0.452 e. The molecule has 3 aromatic rings. The van der Waals surface area contributed by atoms with E-state index in [4.69, 9.17) is 10.5 Å². The van der Waals surface area contributed by atoms with Gasteiger partial charge in [0.2, 0.25) is 5.91 Å². The van der Waals surface area contributed by atoms with E-state index in [0.717, 1.165) is 22.5 Å². The summed E-state index contributed by atoms with van der Waals surface area (Å²) in [6, 6.07) is 11.5. The average Bonchev–Trinajstić information content (AvgIpc) is 2.52. The van der Waals surface area contributed by atoms with Gasteiger partial charge in [0, 0.05) is 22.0 Å². The molecule has 1 heterocycles. The minimum absolute atomic E-state index is 0.0146. The molecule has 0 aliphatic heterocycles. The van der Waals surface area contributed by atoms with Crippen LogP contribution in [0.4, 0.5) is 4.39 Å². The molecular formula is C17H13FN2O2. The third kappa shape index (κ3) is 2.48. The van der Waals surface area contributed by atoms with Crippen molar-refractivity contribution in [1.29, 1.82) is 0 Å². The summed E-state index contributed by atoms with van der Waals surface area (Å²) in [5, 5.41) is 1.78. The molecule has 0 saturated heterocycles. The molecule has 2 N–H and O–H groups in total. The normalized spacial score (nSPS) is 10.6. The Bertz CT molecular complexity index is 878. The molecule has 0 bridgehead atoms. The zero-order chi connectivity index (χ0) is 15.7. The van der Waals surface area contributed by atoms with Gasteiger partial charge in [-0.05, 0) is 25.1 Å². The van der Waals surface area contributed by atoms with E-state index in [1.54, 1.807) is 6.20 Å². The van der Waals surface area contributed by atoms with Crippen LogP contribution in [0.3, 0.4) is 0 Å². The van der Waals surface area contributed by atoms with Crippen LogP contribution in [0.5, 0.6) is 11.5 Å². The highest BCUT2D eigenvalue weighted by Crippen LogP contribution is 2.31. The predicted molar refractivity (Wildman–Crippen MR) is 81.5 cm³/mol. The van der Waals surface area contributed by atoms with Gasteiger partial charge < -0.3 is 10.5 Å². The van der Waals surface area contributed by atoms with Gasteiger partial charge in [0.15, 0.2) is 17.3 Å². The second-order valence-electron chi connectivity index (χ2n) is 4.86. The van der Waals surface area contributed by atoms with Crippen LogP contribution in [0.2, 0.25) is 0 Å². The maximum absolute atomic E-state index is 14.0. The topological polar surface area (TPSA) is 65.2 Å². The molecule has 0 spiro atoms. The van der Waals surface area contributed by atoms with E-state index in [9.17, 15) is 9.18 Å². The maximum Gasteiger partial charge on any atom is 0.248 e. The van der Waals surface area contributed by atoms with Gasteiger partial charge in [0.05, 0.1) is 6.20 Å². The van der Waals surface area contributed by atoms with E-state index in [1.807, 2.05) is 31.2 Å². The Morgan fingerprint density at radius 3 is 2.55 bits per heavy atom. The number of hydrogen-bond donors (Lipinski definition) is 1. The number of nitrogens with zero attached hydrogens (tertiary/aromatic N) is 1. The quantitative estimate of drug-likeness (QED) is 0.803. The van der Waals surface area contributed by atoms with Crippen molar-refractivity contribution in [3.63, 3.8) is 0 Å². The zero-order valence-corrected chi connectivity index (χ0v) is 11.8. The van der Waals surface area contributed by atoms with Gasteiger partial charge in [-0.2, -0.15) is 0 Å². The summed E-state index contributed by atoms with van der Waals surface area (Å²) in [6.45, 7) is 1.90. The Morgan fingerprint density at radius 1 is 1.14 bits per heavy atom. The molecule has 0 unspecified atom stereocenters. The number of fused-ring (bicyclic) bond motifs is 1. The van der Waals surface area contributed by atoms with Crippen LogP contribution in [-0.4, -0.2) is 10.9 Å². The minimum Gasteiger partial charge on any atom is -0.452 e. The Morgan fingerprint density at radius 2 is 1.86 bits per heavy atom. The van der Waals surface area contributed by atoms with Gasteiger partial charge in [0.25, 0.3) is 0 Å². The Labute approximate surface area is 126 Å². The number of nitrogens with two attached hydrogens (primary N) is 1. The molecule has 3 rings (SSSR count). The summed E-state index contributed by atoms with van der Waals surface area (Å²) < 4.78 is 19.6. The number of aryl methyl sites for hydroxylation is 1. The second-order valence-corrected chi connectivity index (χ2v) is 4.86. The van der Waals surface area contributed by atoms with Crippen molar-refractivity contribution >= 4 is 16.7 Å². The number of benzene rings is 2. The lowest BCUT2D eigenvalue weighted by Gasteiger charge is -2.11. The number of hydrogen-bond acceptors (Lipinski definition) is 3. The number of ether oxygens (including phenoxy) is 1. The number of amides is 1. The number of halogens is 1. The van der Waals surface area contributed by atoms with Crippen molar-refractivity contribution < 1.29 is 13.9 Å². The van der Waals surface area contributed by atoms with Gasteiger partial charge in [-0.25, -0.2) is 4.39 Å². The third-order valence-corrected chi connectivity index (χ3v) is 3.39. The SMILES string of the molecule is Cc1ncc(Oc2ccc(C(N)=O)cc2F)c2ccccc12. The summed E-state index contributed by atoms with van der Waals surface area (Å²) in [6.07, 6.45) is 1.55. The first-order chi connectivity index (χ1) is 10.6. The first-order valence-corrected chi connectivity index (χ1v) is 6.68. The van der Waals surface area contributed by atoms with Crippen molar-refractivity contribution in [3.8, 4) is 11.5 Å². The van der Waals surface area contributed by atoms with Gasteiger partial charge in [-0.15, -0.1) is 0 Å². The zero-order valence-electron chi connectivity index (χ0n) is 11.8. The molecule has 0 saturated carbocycles. The van der Waals surface area contributed by atoms with Crippen molar-refractivity contribution in [3.05, 3.63) is 65.7 Å². The molecule has 0 atom stereocenters. The Kier molecular flexibility index (Phi) is 3.47. The second kappa shape index (κ2) is 5.44. The van der Waals surface area contributed by atoms with Crippen molar-refractivity contribution in [2.75, 3.05) is 0 Å². The lowest BCUT2D eigenvalue weighted by molar-refractivity contribution is 0.1000. The average molecular weight is 296 g/mol. The van der Waals surface area contributed by atoms with Crippen molar-refractivity contribution in [1.82, 2.24) is 4.98 Å². The number of rotatable bonds is 3. The highest BCUT2D eigenvalue weighted by molar-refractivity contribution is 5.93. The maximum atomic E-state index is 14.0. The van der Waals surface area contributed by atoms with Crippen LogP contribution in [0, 0.1) is 12.7 Å². The Balaban J connectivity index is 2.04. The molecule has 4 nitrogen and oxygen atoms in total. The lowest BCUT2D eigenvalue weighted by Crippen LogP contribution is -2.11. The number of carbonyl (C=O) groups is 1. The molecule has 0 radical (unpaired) electrons. The Hall–Kier alpha value is -2.95. The molecular weight excluding hydrogens is 283 g/mol. The van der Waals surface area contributed by atoms with Crippen LogP contribution >= 0.6 is 0 Å². The summed E-state index contributed by atoms with van der Waals surface area (Å²) in [5.74, 6) is -0.874. The molecule has 1 aromatic heterocycles. The van der Waals surface area contributed by atoms with E-state index < -0.39 is 11.7 Å². The number of carbonyl (C=O) groups excluding carboxylic acids is 1. The fourth-order valence-electron chi connectivity index (χ4n) is 2.24. The van der Waals surface area contributed by atoms with E-state index in [1.165, 1.54) is 12.1 Å². The molecule has 0 aliphatic rings. The highest BCUT2D eigenvalue weighted by Gasteiger charge is 2.11. The first kappa shape index (κ1) is 14.0. The summed E-state index contributed by atoms with van der Waals surface area (Å²) >= 11 is 0. The molecule has 2 aromatic carbocycles. The van der Waals surface area contributed by atoms with Gasteiger partial charge in [0.1, 0.15) is 0 Å². The van der Waals surface area contributed by atoms with Crippen LogP contribution in [0.25, 0.3) is 10.8 Å². The van der Waals surface area contributed by atoms with Crippen LogP contribution in [-0.2, 0) is 0 Å². The molecule has 22 heavy (non-hydrogen) atoms. The van der Waals surface area contributed by atoms with Crippen molar-refractivity contribution in [2.45, 2.75) is 6.92 Å². The van der Waals surface area contributed by atoms with Crippen LogP contribution < -0.4 is 10.5 Å².